The molecule has 1 atom stereocenters. The highest BCUT2D eigenvalue weighted by Crippen LogP contribution is 2.39. The van der Waals surface area contributed by atoms with Crippen LogP contribution in [-0.2, 0) is 23.1 Å². The normalized spacial score (nSPS) is 17.0. The Morgan fingerprint density at radius 1 is 0.950 bits per heavy atom. The molecule has 212 valence electrons. The Bertz CT molecular complexity index is 1300. The van der Waals surface area contributed by atoms with Crippen molar-refractivity contribution in [3.05, 3.63) is 92.7 Å². The lowest BCUT2D eigenvalue weighted by atomic mass is 9.85. The van der Waals surface area contributed by atoms with Gasteiger partial charge in [-0.2, -0.15) is 0 Å². The van der Waals surface area contributed by atoms with Gasteiger partial charge in [0, 0.05) is 23.0 Å². The monoisotopic (exact) mass is 556 g/mol. The van der Waals surface area contributed by atoms with Crippen molar-refractivity contribution in [3.8, 4) is 0 Å². The molecular weight excluding hydrogens is 512 g/mol. The zero-order chi connectivity index (χ0) is 28.3. The Morgan fingerprint density at radius 2 is 1.68 bits per heavy atom. The van der Waals surface area contributed by atoms with Gasteiger partial charge in [-0.05, 0) is 83.4 Å². The van der Waals surface area contributed by atoms with E-state index in [4.69, 9.17) is 0 Å². The second-order valence-electron chi connectivity index (χ2n) is 12.6. The summed E-state index contributed by atoms with van der Waals surface area (Å²) >= 11 is 1.78. The zero-order valence-electron chi connectivity index (χ0n) is 24.6. The summed E-state index contributed by atoms with van der Waals surface area (Å²) in [5.41, 5.74) is 5.69. The van der Waals surface area contributed by atoms with Crippen LogP contribution in [0.1, 0.15) is 110 Å². The Balaban J connectivity index is 1.32. The largest absolute Gasteiger partial charge is 0.330 e. The Labute approximate surface area is 244 Å². The van der Waals surface area contributed by atoms with Crippen LogP contribution in [0.2, 0.25) is 0 Å². The van der Waals surface area contributed by atoms with Gasteiger partial charge in [-0.3, -0.25) is 9.59 Å². The fourth-order valence-corrected chi connectivity index (χ4v) is 6.74. The van der Waals surface area contributed by atoms with Gasteiger partial charge in [0.2, 0.25) is 5.91 Å². The van der Waals surface area contributed by atoms with Crippen molar-refractivity contribution in [1.82, 2.24) is 9.80 Å². The van der Waals surface area contributed by atoms with Crippen molar-refractivity contribution in [2.24, 2.45) is 0 Å². The van der Waals surface area contributed by atoms with E-state index in [-0.39, 0.29) is 35.9 Å². The second kappa shape index (κ2) is 12.3. The molecule has 1 aliphatic heterocycles. The van der Waals surface area contributed by atoms with Gasteiger partial charge in [0.25, 0.3) is 5.91 Å². The third-order valence-electron chi connectivity index (χ3n) is 8.45. The number of carbonyl (C=O) groups excluding carboxylic acids is 2. The van der Waals surface area contributed by atoms with E-state index in [1.807, 2.05) is 21.9 Å². The molecule has 40 heavy (non-hydrogen) atoms. The van der Waals surface area contributed by atoms with Crippen molar-refractivity contribution >= 4 is 23.2 Å². The topological polar surface area (TPSA) is 40.6 Å². The number of unbranched alkanes of at least 4 members (excludes halogenated alkanes) is 3. The molecule has 0 radical (unpaired) electrons. The van der Waals surface area contributed by atoms with Crippen molar-refractivity contribution in [2.75, 3.05) is 13.1 Å². The van der Waals surface area contributed by atoms with E-state index in [0.29, 0.717) is 12.1 Å². The minimum Gasteiger partial charge on any atom is -0.330 e. The number of rotatable bonds is 10. The number of hydrogen-bond donors (Lipinski definition) is 0. The molecule has 5 rings (SSSR count). The summed E-state index contributed by atoms with van der Waals surface area (Å²) in [6, 6.07) is 19.1. The van der Waals surface area contributed by atoms with Crippen molar-refractivity contribution < 1.29 is 9.59 Å². The number of nitrogens with zero attached hydrogens (tertiary/aromatic N) is 2. The van der Waals surface area contributed by atoms with Crippen LogP contribution < -0.4 is 0 Å². The van der Waals surface area contributed by atoms with E-state index in [9.17, 15) is 9.59 Å². The summed E-state index contributed by atoms with van der Waals surface area (Å²) in [5.74, 6) is 0.0160. The van der Waals surface area contributed by atoms with Gasteiger partial charge in [-0.25, -0.2) is 0 Å². The van der Waals surface area contributed by atoms with Crippen LogP contribution in [0.25, 0.3) is 0 Å². The van der Waals surface area contributed by atoms with E-state index in [1.54, 1.807) is 11.3 Å². The molecule has 1 aliphatic carbocycles. The molecule has 2 heterocycles. The number of carbonyl (C=O) groups is 2. The van der Waals surface area contributed by atoms with E-state index < -0.39 is 0 Å². The van der Waals surface area contributed by atoms with E-state index >= 15 is 0 Å². The fourth-order valence-electron chi connectivity index (χ4n) is 5.84. The molecular formula is C35H44N2O2S. The molecule has 0 N–H and O–H groups in total. The number of thiophene rings is 1. The lowest BCUT2D eigenvalue weighted by Gasteiger charge is -2.38. The van der Waals surface area contributed by atoms with Crippen molar-refractivity contribution in [1.29, 1.82) is 0 Å². The van der Waals surface area contributed by atoms with Crippen LogP contribution in [-0.4, -0.2) is 40.7 Å². The predicted molar refractivity (Wildman–Crippen MR) is 165 cm³/mol. The molecule has 0 saturated heterocycles. The first kappa shape index (κ1) is 28.6. The summed E-state index contributed by atoms with van der Waals surface area (Å²) < 4.78 is 0. The summed E-state index contributed by atoms with van der Waals surface area (Å²) in [5, 5.41) is 2.14. The average molecular weight is 557 g/mol. The maximum Gasteiger partial charge on any atom is 0.254 e. The Morgan fingerprint density at radius 3 is 2.33 bits per heavy atom. The van der Waals surface area contributed by atoms with Gasteiger partial charge < -0.3 is 9.80 Å². The van der Waals surface area contributed by atoms with Gasteiger partial charge in [0.05, 0.1) is 6.04 Å². The molecule has 0 spiro atoms. The highest BCUT2D eigenvalue weighted by molar-refractivity contribution is 7.10. The Kier molecular flexibility index (Phi) is 8.80. The van der Waals surface area contributed by atoms with E-state index in [1.165, 1.54) is 47.3 Å². The van der Waals surface area contributed by atoms with E-state index in [2.05, 4.69) is 75.5 Å². The van der Waals surface area contributed by atoms with Gasteiger partial charge in [-0.1, -0.05) is 83.4 Å². The third-order valence-corrected chi connectivity index (χ3v) is 9.45. The third kappa shape index (κ3) is 6.52. The molecule has 1 saturated carbocycles. The van der Waals surface area contributed by atoms with Crippen molar-refractivity contribution in [2.45, 2.75) is 96.6 Å². The van der Waals surface area contributed by atoms with Gasteiger partial charge >= 0.3 is 0 Å². The highest BCUT2D eigenvalue weighted by atomic mass is 32.1. The van der Waals surface area contributed by atoms with Crippen LogP contribution in [0.5, 0.6) is 0 Å². The number of hydrogen-bond acceptors (Lipinski definition) is 3. The minimum absolute atomic E-state index is 0.0207. The van der Waals surface area contributed by atoms with Crippen LogP contribution >= 0.6 is 11.3 Å². The van der Waals surface area contributed by atoms with Crippen LogP contribution in [0, 0.1) is 0 Å². The minimum atomic E-state index is -0.111. The first-order valence-electron chi connectivity index (χ1n) is 15.1. The lowest BCUT2D eigenvalue weighted by molar-refractivity contribution is -0.134. The number of fused-ring (bicyclic) bond motifs is 1. The predicted octanol–water partition coefficient (Wildman–Crippen LogP) is 7.95. The first-order chi connectivity index (χ1) is 19.3. The number of aryl methyl sites for hydroxylation is 1. The second-order valence-corrected chi connectivity index (χ2v) is 13.6. The van der Waals surface area contributed by atoms with Crippen LogP contribution in [0.3, 0.4) is 0 Å². The molecule has 2 aromatic carbocycles. The number of amides is 2. The van der Waals surface area contributed by atoms with Crippen molar-refractivity contribution in [3.63, 3.8) is 0 Å². The molecule has 4 nitrogen and oxygen atoms in total. The summed E-state index contributed by atoms with van der Waals surface area (Å²) in [6.07, 6.45) is 8.81. The molecule has 1 fully saturated rings. The SMILES string of the molecule is CCCCCCc1ccc(C(=O)N(CC(=O)N2CCc3sccc3C2c2ccc(C(C)(C)C)cc2)C2CC2)cc1. The summed E-state index contributed by atoms with van der Waals surface area (Å²) in [4.78, 5) is 32.8. The van der Waals surface area contributed by atoms with E-state index in [0.717, 1.165) is 31.2 Å². The maximum atomic E-state index is 14.0. The van der Waals surface area contributed by atoms with Gasteiger partial charge in [0.1, 0.15) is 6.54 Å². The average Bonchev–Trinajstić information content (AvgIpc) is 3.68. The fraction of sp³-hybridized carbons (Fsp3) is 0.486. The molecule has 1 aromatic heterocycles. The standard InChI is InChI=1S/C35H44N2O2S/c1-5-6-7-8-9-25-10-12-27(13-11-25)34(39)37(29-18-19-29)24-32(38)36-22-20-31-30(21-23-40-31)33(36)26-14-16-28(17-15-26)35(2,3)4/h10-17,21,23,29,33H,5-9,18-20,22,24H2,1-4H3. The molecule has 5 heteroatoms. The van der Waals surface area contributed by atoms with Gasteiger partial charge in [-0.15, -0.1) is 11.3 Å². The lowest BCUT2D eigenvalue weighted by Crippen LogP contribution is -2.47. The molecule has 0 bridgehead atoms. The molecule has 2 amide bonds. The quantitative estimate of drug-likeness (QED) is 0.238. The summed E-state index contributed by atoms with van der Waals surface area (Å²) in [7, 11) is 0. The summed E-state index contributed by atoms with van der Waals surface area (Å²) in [6.45, 7) is 9.71. The first-order valence-corrected chi connectivity index (χ1v) is 16.0. The maximum absolute atomic E-state index is 14.0. The molecule has 2 aliphatic rings. The zero-order valence-corrected chi connectivity index (χ0v) is 25.4. The van der Waals surface area contributed by atoms with Gasteiger partial charge in [0.15, 0.2) is 0 Å². The Hall–Kier alpha value is -2.92. The number of benzene rings is 2. The highest BCUT2D eigenvalue weighted by Gasteiger charge is 2.38. The van der Waals surface area contributed by atoms with Crippen LogP contribution in [0.15, 0.2) is 60.0 Å². The molecule has 3 aromatic rings. The smallest absolute Gasteiger partial charge is 0.254 e. The van der Waals surface area contributed by atoms with Crippen LogP contribution in [0.4, 0.5) is 0 Å². The molecule has 1 unspecified atom stereocenters.